The van der Waals surface area contributed by atoms with Crippen molar-refractivity contribution in [1.82, 2.24) is 42.5 Å². The number of aliphatic hydroxyl groups is 9. The van der Waals surface area contributed by atoms with E-state index in [0.29, 0.717) is 32.1 Å². The molecule has 35 nitrogen and oxygen atoms in total. The quantitative estimate of drug-likeness (QED) is 0.0199. The van der Waals surface area contributed by atoms with Crippen LogP contribution in [-0.2, 0) is 85.8 Å². The second-order valence-electron chi connectivity index (χ2n) is 21.0. The van der Waals surface area contributed by atoms with E-state index in [4.69, 9.17) is 42.6 Å². The molecule has 522 valence electrons. The zero-order valence-electron chi connectivity index (χ0n) is 52.2. The molecule has 1 heterocycles. The average Bonchev–Trinajstić information content (AvgIpc) is 1.77. The summed E-state index contributed by atoms with van der Waals surface area (Å²) in [7, 11) is 0. The highest BCUT2D eigenvalue weighted by Gasteiger charge is 2.45. The number of hydrogen-bond acceptors (Lipinski definition) is 27. The monoisotopic (exact) mass is 1300 g/mol. The van der Waals surface area contributed by atoms with E-state index in [2.05, 4.69) is 42.5 Å². The lowest BCUT2D eigenvalue weighted by molar-refractivity contribution is -0.272. The van der Waals surface area contributed by atoms with Crippen molar-refractivity contribution in [1.29, 1.82) is 0 Å². The highest BCUT2D eigenvalue weighted by Crippen LogP contribution is 2.22. The number of hydrogen-bond donors (Lipinski definition) is 17. The van der Waals surface area contributed by atoms with Crippen molar-refractivity contribution in [3.63, 3.8) is 0 Å². The van der Waals surface area contributed by atoms with Gasteiger partial charge in [0.25, 0.3) is 0 Å². The van der Waals surface area contributed by atoms with E-state index in [0.717, 1.165) is 13.8 Å². The Balaban J connectivity index is 3.08. The van der Waals surface area contributed by atoms with Gasteiger partial charge in [0.2, 0.25) is 59.8 Å². The Hall–Kier alpha value is -5.29. The van der Waals surface area contributed by atoms with Crippen LogP contribution in [0.3, 0.4) is 0 Å². The molecule has 17 N–H and O–H groups in total. The van der Waals surface area contributed by atoms with Crippen molar-refractivity contribution in [3.8, 4) is 0 Å². The summed E-state index contributed by atoms with van der Waals surface area (Å²) in [5.41, 5.74) is 0. The van der Waals surface area contributed by atoms with Gasteiger partial charge in [0.1, 0.15) is 54.4 Å². The van der Waals surface area contributed by atoms with Crippen molar-refractivity contribution >= 4 is 53.0 Å². The van der Waals surface area contributed by atoms with Gasteiger partial charge in [-0.15, -0.1) is 0 Å². The maximum atomic E-state index is 13.7. The molecule has 8 amide bonds. The number of aliphatic hydroxyl groups excluding tert-OH is 9. The molecule has 0 saturated carbocycles. The van der Waals surface area contributed by atoms with Crippen molar-refractivity contribution in [3.05, 3.63) is 0 Å². The normalized spacial score (nSPS) is 19.9. The Morgan fingerprint density at radius 3 is 1.34 bits per heavy atom. The molecule has 1 aliphatic heterocycles. The maximum Gasteiger partial charge on any atom is 0.242 e. The van der Waals surface area contributed by atoms with Crippen LogP contribution in [0.4, 0.5) is 0 Å². The fourth-order valence-electron chi connectivity index (χ4n) is 8.24. The molecule has 1 saturated heterocycles. The van der Waals surface area contributed by atoms with E-state index in [1.165, 1.54) is 27.7 Å². The summed E-state index contributed by atoms with van der Waals surface area (Å²) < 4.78 is 49.5. The zero-order chi connectivity index (χ0) is 67.6. The van der Waals surface area contributed by atoms with Gasteiger partial charge in [-0.3, -0.25) is 38.4 Å². The molecule has 15 atom stereocenters. The van der Waals surface area contributed by atoms with Crippen LogP contribution in [0.5, 0.6) is 0 Å². The fraction of sp³-hybridized carbons (Fsp3) is 0.836. The fourth-order valence-corrected chi connectivity index (χ4v) is 8.24. The van der Waals surface area contributed by atoms with E-state index in [9.17, 15) is 89.1 Å². The van der Waals surface area contributed by atoms with Gasteiger partial charge in [-0.2, -0.15) is 0 Å². The predicted molar refractivity (Wildman–Crippen MR) is 310 cm³/mol. The number of Topliss-reactive ketones (excluding diaryl/α,β-unsaturated/α-hetero) is 1. The van der Waals surface area contributed by atoms with Crippen LogP contribution in [0.25, 0.3) is 0 Å². The third-order valence-corrected chi connectivity index (χ3v) is 13.0. The van der Waals surface area contributed by atoms with Gasteiger partial charge < -0.3 is 136 Å². The van der Waals surface area contributed by atoms with E-state index in [-0.39, 0.29) is 111 Å². The van der Waals surface area contributed by atoms with Crippen LogP contribution >= 0.6 is 0 Å². The standard InChI is InChI=1S/C55H100N8O27/c1-32(67)11-9-7-8-10-12-44(74)62-39(50(79)58-19-22-84-25-28-87-55(52(81)61-37(6)72)89-41(30-65)34(3)69)14-16-45(75)63-38(49(78)57-18-21-83-24-27-86-54(51(80)60-36(5)71)88-40(29-64)33(2)68)13-15-43(73)56-17-20-82-23-26-85-53-46(59-35(4)70)48(77)47(76)42(31-66)90-53/h33-34,38-42,46-48,51-55,64-66,68-69,76-77,80-81H,7-31H2,1-6H3,(H,56,73)(H,57,78)(H,58,79)(H,59,70)(H,60,71)(H,61,72)(H,62,74)(H,63,75). The van der Waals surface area contributed by atoms with Crippen LogP contribution in [-0.4, -0.2) is 290 Å². The van der Waals surface area contributed by atoms with E-state index >= 15 is 0 Å². The minimum absolute atomic E-state index is 0.0199. The Labute approximate surface area is 522 Å². The van der Waals surface area contributed by atoms with Crippen molar-refractivity contribution in [2.75, 3.05) is 98.9 Å². The van der Waals surface area contributed by atoms with Crippen molar-refractivity contribution < 1.29 is 132 Å². The third-order valence-electron chi connectivity index (χ3n) is 13.0. The molecule has 0 aromatic heterocycles. The van der Waals surface area contributed by atoms with Crippen LogP contribution < -0.4 is 42.5 Å². The molecule has 15 unspecified atom stereocenters. The lowest BCUT2D eigenvalue weighted by atomic mass is 9.97. The van der Waals surface area contributed by atoms with Crippen LogP contribution in [0.2, 0.25) is 0 Å². The molecule has 90 heavy (non-hydrogen) atoms. The van der Waals surface area contributed by atoms with Crippen molar-refractivity contribution in [2.45, 2.75) is 198 Å². The molecule has 0 spiro atoms. The molecule has 0 aromatic rings. The SMILES string of the molecule is CC(=O)CCCCCCC(=O)NC(CCC(=O)NC(CCC(=O)NCCOCCOC1OC(CO)C(O)C(O)C1NC(C)=O)C(=O)NCCOCCOC(OC(CO)C(C)O)C(O)NC(C)=O)C(=O)NCCOCCOC(OC(CO)C(C)O)C(O)NC(C)=O. The molecule has 1 fully saturated rings. The Morgan fingerprint density at radius 1 is 0.489 bits per heavy atom. The highest BCUT2D eigenvalue weighted by molar-refractivity contribution is 5.90. The first kappa shape index (κ1) is 82.7. The first-order chi connectivity index (χ1) is 42.7. The Morgan fingerprint density at radius 2 is 0.922 bits per heavy atom. The minimum Gasteiger partial charge on any atom is -0.394 e. The lowest BCUT2D eigenvalue weighted by Gasteiger charge is -2.42. The van der Waals surface area contributed by atoms with Gasteiger partial charge in [0, 0.05) is 66.1 Å². The van der Waals surface area contributed by atoms with Crippen LogP contribution in [0, 0.1) is 0 Å². The van der Waals surface area contributed by atoms with Crippen molar-refractivity contribution in [2.24, 2.45) is 0 Å². The molecular weight excluding hydrogens is 1200 g/mol. The molecule has 1 aliphatic rings. The molecule has 35 heteroatoms. The van der Waals surface area contributed by atoms with Gasteiger partial charge in [-0.05, 0) is 46.5 Å². The minimum atomic E-state index is -1.69. The number of amides is 8. The van der Waals surface area contributed by atoms with Gasteiger partial charge in [-0.25, -0.2) is 0 Å². The molecule has 0 bridgehead atoms. The third kappa shape index (κ3) is 37.3. The number of carbonyl (C=O) groups is 9. The number of unbranched alkanes of at least 4 members (excludes halogenated alkanes) is 3. The van der Waals surface area contributed by atoms with E-state index in [1.807, 2.05) is 0 Å². The first-order valence-electron chi connectivity index (χ1n) is 29.9. The predicted octanol–water partition coefficient (Wildman–Crippen LogP) is -7.08. The van der Waals surface area contributed by atoms with Gasteiger partial charge >= 0.3 is 0 Å². The van der Waals surface area contributed by atoms with Crippen LogP contribution in [0.15, 0.2) is 0 Å². The van der Waals surface area contributed by atoms with E-state index in [1.54, 1.807) is 0 Å². The van der Waals surface area contributed by atoms with Gasteiger partial charge in [0.15, 0.2) is 18.7 Å². The van der Waals surface area contributed by atoms with E-state index < -0.39 is 166 Å². The second-order valence-corrected chi connectivity index (χ2v) is 21.0. The average molecular weight is 1310 g/mol. The summed E-state index contributed by atoms with van der Waals surface area (Å²) in [5, 5.41) is 110. The zero-order valence-corrected chi connectivity index (χ0v) is 52.2. The second kappa shape index (κ2) is 48.5. The summed E-state index contributed by atoms with van der Waals surface area (Å²) in [5.74, 6) is -4.99. The Kier molecular flexibility index (Phi) is 44.5. The smallest absolute Gasteiger partial charge is 0.242 e. The number of rotatable bonds is 52. The largest absolute Gasteiger partial charge is 0.394 e. The Bertz CT molecular complexity index is 2090. The van der Waals surface area contributed by atoms with Gasteiger partial charge in [-0.1, -0.05) is 12.8 Å². The number of carbonyl (C=O) groups excluding carboxylic acids is 9. The molecule has 0 radical (unpaired) electrons. The molecule has 0 aromatic carbocycles. The lowest BCUT2D eigenvalue weighted by Crippen LogP contribution is -2.64. The number of ether oxygens (including phenoxy) is 9. The topological polar surface area (TPSA) is 515 Å². The summed E-state index contributed by atoms with van der Waals surface area (Å²) in [6.07, 6.45) is -15.0. The molecular formula is C55H100N8O27. The summed E-state index contributed by atoms with van der Waals surface area (Å²) in [6.45, 7) is 4.23. The highest BCUT2D eigenvalue weighted by atomic mass is 16.7. The maximum absolute atomic E-state index is 13.7. The van der Waals surface area contributed by atoms with Gasteiger partial charge in [0.05, 0.1) is 91.5 Å². The first-order valence-corrected chi connectivity index (χ1v) is 29.9. The number of ketones is 1. The number of nitrogens with one attached hydrogen (secondary N) is 8. The summed E-state index contributed by atoms with van der Waals surface area (Å²) in [4.78, 5) is 113. The van der Waals surface area contributed by atoms with Crippen LogP contribution in [0.1, 0.15) is 106 Å². The summed E-state index contributed by atoms with van der Waals surface area (Å²) >= 11 is 0. The molecule has 1 rings (SSSR count). The molecule has 0 aliphatic carbocycles. The summed E-state index contributed by atoms with van der Waals surface area (Å²) in [6, 6.07) is -3.78.